The summed E-state index contributed by atoms with van der Waals surface area (Å²) in [5.41, 5.74) is 5.13. The normalized spacial score (nSPS) is 11.4. The molecule has 0 heterocycles. The van der Waals surface area contributed by atoms with E-state index < -0.39 is 0 Å². The lowest BCUT2D eigenvalue weighted by atomic mass is 9.91. The van der Waals surface area contributed by atoms with E-state index in [9.17, 15) is 0 Å². The van der Waals surface area contributed by atoms with E-state index in [0.717, 1.165) is 0 Å². The minimum absolute atomic E-state index is 0.129. The van der Waals surface area contributed by atoms with Crippen molar-refractivity contribution in [1.82, 2.24) is 0 Å². The second-order valence-corrected chi connectivity index (χ2v) is 3.49. The summed E-state index contributed by atoms with van der Waals surface area (Å²) in [6.45, 7) is 3.97. The van der Waals surface area contributed by atoms with Gasteiger partial charge < -0.3 is 10.8 Å². The minimum Gasteiger partial charge on any atom is -0.396 e. The lowest BCUT2D eigenvalue weighted by molar-refractivity contribution is 0.166. The van der Waals surface area contributed by atoms with Crippen LogP contribution in [0.3, 0.4) is 0 Å². The Balaban J connectivity index is 3.71. The van der Waals surface area contributed by atoms with Gasteiger partial charge in [-0.3, -0.25) is 0 Å². The van der Waals surface area contributed by atoms with Crippen LogP contribution < -0.4 is 5.73 Å². The highest BCUT2D eigenvalue weighted by molar-refractivity contribution is 7.80. The summed E-state index contributed by atoms with van der Waals surface area (Å²) in [5.74, 6) is 0. The van der Waals surface area contributed by atoms with E-state index in [1.165, 1.54) is 0 Å². The summed E-state index contributed by atoms with van der Waals surface area (Å²) >= 11 is 4.68. The van der Waals surface area contributed by atoms with Crippen molar-refractivity contribution in [2.24, 2.45) is 11.1 Å². The van der Waals surface area contributed by atoms with Gasteiger partial charge in [-0.2, -0.15) is 0 Å². The fourth-order valence-electron chi connectivity index (χ4n) is 0.528. The summed E-state index contributed by atoms with van der Waals surface area (Å²) in [6.07, 6.45) is 0.610. The van der Waals surface area contributed by atoms with Gasteiger partial charge in [0.2, 0.25) is 0 Å². The van der Waals surface area contributed by atoms with Gasteiger partial charge >= 0.3 is 0 Å². The second-order valence-electron chi connectivity index (χ2n) is 2.97. The molecule has 0 rings (SSSR count). The summed E-state index contributed by atoms with van der Waals surface area (Å²) < 4.78 is 0. The Labute approximate surface area is 61.1 Å². The maximum absolute atomic E-state index is 8.73. The molecule has 0 aliphatic heterocycles. The minimum atomic E-state index is -0.147. The Morgan fingerprint density at radius 2 is 2.11 bits per heavy atom. The summed E-state index contributed by atoms with van der Waals surface area (Å²) in [4.78, 5) is 0.467. The van der Waals surface area contributed by atoms with Crippen molar-refractivity contribution >= 4 is 17.2 Å². The Morgan fingerprint density at radius 3 is 2.22 bits per heavy atom. The molecule has 0 aliphatic carbocycles. The van der Waals surface area contributed by atoms with Crippen molar-refractivity contribution in [3.05, 3.63) is 0 Å². The first kappa shape index (κ1) is 8.85. The Hall–Kier alpha value is -0.150. The quantitative estimate of drug-likeness (QED) is 0.577. The maximum atomic E-state index is 8.73. The van der Waals surface area contributed by atoms with E-state index in [0.29, 0.717) is 11.4 Å². The summed E-state index contributed by atoms with van der Waals surface area (Å²) in [7, 11) is 0. The first-order chi connectivity index (χ1) is 3.98. The van der Waals surface area contributed by atoms with Crippen LogP contribution in [0.4, 0.5) is 0 Å². The molecule has 0 bridgehead atoms. The molecule has 0 saturated carbocycles. The first-order valence-corrected chi connectivity index (χ1v) is 3.28. The molecule has 54 valence electrons. The maximum Gasteiger partial charge on any atom is 0.0733 e. The van der Waals surface area contributed by atoms with E-state index in [-0.39, 0.29) is 12.0 Å². The molecule has 0 radical (unpaired) electrons. The number of hydrogen-bond donors (Lipinski definition) is 2. The number of hydrogen-bond acceptors (Lipinski definition) is 2. The number of thiocarbonyl (C=S) groups is 1. The molecule has 0 amide bonds. The smallest absolute Gasteiger partial charge is 0.0733 e. The molecule has 0 saturated heterocycles. The van der Waals surface area contributed by atoms with Crippen LogP contribution >= 0.6 is 12.2 Å². The van der Waals surface area contributed by atoms with Crippen LogP contribution in [0.15, 0.2) is 0 Å². The van der Waals surface area contributed by atoms with Crippen molar-refractivity contribution in [3.63, 3.8) is 0 Å². The van der Waals surface area contributed by atoms with Gasteiger partial charge in [-0.15, -0.1) is 0 Å². The molecule has 9 heavy (non-hydrogen) atoms. The van der Waals surface area contributed by atoms with Crippen molar-refractivity contribution in [2.45, 2.75) is 20.3 Å². The molecule has 0 aromatic rings. The number of nitrogens with two attached hydrogens (primary N) is 1. The molecule has 0 aromatic heterocycles. The average molecular weight is 147 g/mol. The van der Waals surface area contributed by atoms with Gasteiger partial charge in [0.25, 0.3) is 0 Å². The number of aliphatic hydroxyl groups is 1. The van der Waals surface area contributed by atoms with Gasteiger partial charge in [-0.1, -0.05) is 26.1 Å². The van der Waals surface area contributed by atoms with Gasteiger partial charge in [-0.05, 0) is 5.41 Å². The molecule has 0 fully saturated rings. The van der Waals surface area contributed by atoms with Crippen molar-refractivity contribution in [3.8, 4) is 0 Å². The highest BCUT2D eigenvalue weighted by Crippen LogP contribution is 2.18. The predicted octanol–water partition coefficient (Wildman–Crippen LogP) is 0.681. The van der Waals surface area contributed by atoms with Crippen LogP contribution in [0.1, 0.15) is 20.3 Å². The van der Waals surface area contributed by atoms with Gasteiger partial charge in [0, 0.05) is 13.0 Å². The van der Waals surface area contributed by atoms with Crippen LogP contribution in [-0.2, 0) is 0 Å². The van der Waals surface area contributed by atoms with E-state index in [1.54, 1.807) is 0 Å². The van der Waals surface area contributed by atoms with Gasteiger partial charge in [-0.25, -0.2) is 0 Å². The number of aliphatic hydroxyl groups excluding tert-OH is 1. The molecular formula is C6H13NOS. The van der Waals surface area contributed by atoms with Crippen molar-refractivity contribution < 1.29 is 5.11 Å². The van der Waals surface area contributed by atoms with Gasteiger partial charge in [0.05, 0.1) is 4.99 Å². The lowest BCUT2D eigenvalue weighted by Gasteiger charge is -2.19. The zero-order valence-corrected chi connectivity index (χ0v) is 6.66. The standard InChI is InChI=1S/C6H13NOS/c1-6(2,4-8)3-5(7)9/h8H,3-4H2,1-2H3,(H2,7,9). The van der Waals surface area contributed by atoms with Crippen LogP contribution in [0.25, 0.3) is 0 Å². The van der Waals surface area contributed by atoms with Crippen LogP contribution in [0, 0.1) is 5.41 Å². The van der Waals surface area contributed by atoms with Crippen molar-refractivity contribution in [2.75, 3.05) is 6.61 Å². The molecule has 0 atom stereocenters. The largest absolute Gasteiger partial charge is 0.396 e. The van der Waals surface area contributed by atoms with Crippen LogP contribution in [0.5, 0.6) is 0 Å². The Morgan fingerprint density at radius 1 is 1.67 bits per heavy atom. The lowest BCUT2D eigenvalue weighted by Crippen LogP contribution is -2.24. The van der Waals surface area contributed by atoms with Crippen molar-refractivity contribution in [1.29, 1.82) is 0 Å². The second kappa shape index (κ2) is 3.13. The average Bonchev–Trinajstić information content (AvgIpc) is 1.63. The SMILES string of the molecule is CC(C)(CO)CC(N)=S. The molecule has 0 aliphatic rings. The molecule has 3 heteroatoms. The molecule has 2 nitrogen and oxygen atoms in total. The fourth-order valence-corrected chi connectivity index (χ4v) is 0.918. The molecule has 0 aromatic carbocycles. The Kier molecular flexibility index (Phi) is 3.08. The highest BCUT2D eigenvalue weighted by atomic mass is 32.1. The van der Waals surface area contributed by atoms with Crippen LogP contribution in [0.2, 0.25) is 0 Å². The third-order valence-electron chi connectivity index (χ3n) is 1.08. The molecular weight excluding hydrogens is 134 g/mol. The zero-order chi connectivity index (χ0) is 7.49. The number of rotatable bonds is 3. The van der Waals surface area contributed by atoms with Crippen LogP contribution in [-0.4, -0.2) is 16.7 Å². The molecule has 0 spiro atoms. The monoisotopic (exact) mass is 147 g/mol. The topological polar surface area (TPSA) is 46.2 Å². The third kappa shape index (κ3) is 4.36. The summed E-state index contributed by atoms with van der Waals surface area (Å²) in [5, 5.41) is 8.73. The van der Waals surface area contributed by atoms with Gasteiger partial charge in [0.15, 0.2) is 0 Å². The predicted molar refractivity (Wildman–Crippen MR) is 42.3 cm³/mol. The molecule has 3 N–H and O–H groups in total. The third-order valence-corrected chi connectivity index (χ3v) is 1.23. The first-order valence-electron chi connectivity index (χ1n) is 2.87. The zero-order valence-electron chi connectivity index (χ0n) is 5.85. The summed E-state index contributed by atoms with van der Waals surface area (Å²) in [6, 6.07) is 0. The Bertz CT molecular complexity index is 112. The van der Waals surface area contributed by atoms with E-state index in [1.807, 2.05) is 13.8 Å². The van der Waals surface area contributed by atoms with E-state index in [2.05, 4.69) is 12.2 Å². The van der Waals surface area contributed by atoms with E-state index >= 15 is 0 Å². The highest BCUT2D eigenvalue weighted by Gasteiger charge is 2.16. The molecule has 0 unspecified atom stereocenters. The van der Waals surface area contributed by atoms with Gasteiger partial charge in [0.1, 0.15) is 0 Å². The fraction of sp³-hybridized carbons (Fsp3) is 0.833. The van der Waals surface area contributed by atoms with E-state index in [4.69, 9.17) is 10.8 Å².